The number of benzene rings is 3. The molecule has 2 heterocycles. The highest BCUT2D eigenvalue weighted by Gasteiger charge is 2.44. The topological polar surface area (TPSA) is 59.1 Å². The van der Waals surface area contributed by atoms with Crippen LogP contribution in [0.4, 0.5) is 5.69 Å². The van der Waals surface area contributed by atoms with E-state index in [2.05, 4.69) is 4.90 Å². The first kappa shape index (κ1) is 22.5. The summed E-state index contributed by atoms with van der Waals surface area (Å²) in [4.78, 5) is 32.1. The molecule has 34 heavy (non-hydrogen) atoms. The van der Waals surface area contributed by atoms with Crippen molar-refractivity contribution < 1.29 is 19.1 Å². The predicted molar refractivity (Wildman–Crippen MR) is 132 cm³/mol. The average Bonchev–Trinajstić information content (AvgIpc) is 3.17. The molecule has 7 heteroatoms. The summed E-state index contributed by atoms with van der Waals surface area (Å²) >= 11 is 1.55. The van der Waals surface area contributed by atoms with Crippen molar-refractivity contribution in [2.45, 2.75) is 35.2 Å². The molecule has 0 saturated carbocycles. The molecule has 0 bridgehead atoms. The Morgan fingerprint density at radius 3 is 2.29 bits per heavy atom. The normalized spacial score (nSPS) is 18.2. The van der Waals surface area contributed by atoms with Gasteiger partial charge >= 0.3 is 0 Å². The number of rotatable bonds is 6. The first-order valence-electron chi connectivity index (χ1n) is 11.3. The van der Waals surface area contributed by atoms with Crippen molar-refractivity contribution in [2.75, 3.05) is 25.7 Å². The van der Waals surface area contributed by atoms with E-state index in [4.69, 9.17) is 9.47 Å². The fraction of sp³-hybridized carbons (Fsp3) is 0.259. The third kappa shape index (κ3) is 4.17. The third-order valence-electron chi connectivity index (χ3n) is 6.39. The van der Waals surface area contributed by atoms with Crippen LogP contribution < -0.4 is 14.4 Å². The van der Waals surface area contributed by atoms with Gasteiger partial charge in [0.15, 0.2) is 11.5 Å². The van der Waals surface area contributed by atoms with Gasteiger partial charge in [0.1, 0.15) is 0 Å². The van der Waals surface area contributed by atoms with E-state index in [1.54, 1.807) is 26.0 Å². The van der Waals surface area contributed by atoms with E-state index in [0.29, 0.717) is 30.3 Å². The van der Waals surface area contributed by atoms with Gasteiger partial charge in [-0.2, -0.15) is 0 Å². The molecule has 0 N–H and O–H groups in total. The van der Waals surface area contributed by atoms with Crippen LogP contribution in [0.15, 0.2) is 76.5 Å². The summed E-state index contributed by atoms with van der Waals surface area (Å²) in [6.07, 6.45) is 0.972. The van der Waals surface area contributed by atoms with Gasteiger partial charge in [-0.05, 0) is 53.9 Å². The summed E-state index contributed by atoms with van der Waals surface area (Å²) < 4.78 is 10.9. The smallest absolute Gasteiger partial charge is 0.251 e. The van der Waals surface area contributed by atoms with E-state index in [9.17, 15) is 9.59 Å². The number of ether oxygens (including phenoxy) is 2. The molecule has 0 spiro atoms. The minimum absolute atomic E-state index is 0.157. The maximum Gasteiger partial charge on any atom is 0.251 e. The molecule has 174 valence electrons. The Kier molecular flexibility index (Phi) is 6.30. The summed E-state index contributed by atoms with van der Waals surface area (Å²) in [7, 11) is 3.25. The fourth-order valence-electron chi connectivity index (χ4n) is 4.67. The van der Waals surface area contributed by atoms with Crippen molar-refractivity contribution in [2.24, 2.45) is 0 Å². The third-order valence-corrected chi connectivity index (χ3v) is 7.46. The Bertz CT molecular complexity index is 1230. The van der Waals surface area contributed by atoms with Crippen LogP contribution in [0.5, 0.6) is 11.5 Å². The van der Waals surface area contributed by atoms with Gasteiger partial charge in [-0.3, -0.25) is 14.5 Å². The van der Waals surface area contributed by atoms with E-state index in [0.717, 1.165) is 21.8 Å². The van der Waals surface area contributed by atoms with E-state index < -0.39 is 6.04 Å². The molecule has 3 aromatic carbocycles. The summed E-state index contributed by atoms with van der Waals surface area (Å²) in [6, 6.07) is 21.1. The second-order valence-electron chi connectivity index (χ2n) is 8.37. The number of hydrogen-bond acceptors (Lipinski definition) is 6. The highest BCUT2D eigenvalue weighted by atomic mass is 32.2. The number of imide groups is 1. The lowest BCUT2D eigenvalue weighted by atomic mass is 9.97. The number of methoxy groups -OCH3 is 2. The van der Waals surface area contributed by atoms with Gasteiger partial charge in [-0.25, -0.2) is 4.90 Å². The number of amides is 2. The summed E-state index contributed by atoms with van der Waals surface area (Å²) in [6.45, 7) is 1.30. The lowest BCUT2D eigenvalue weighted by molar-refractivity contribution is -0.123. The molecule has 2 amide bonds. The second kappa shape index (κ2) is 9.52. The molecule has 0 aromatic heterocycles. The Morgan fingerprint density at radius 1 is 0.882 bits per heavy atom. The van der Waals surface area contributed by atoms with E-state index >= 15 is 0 Å². The number of carbonyl (C=O) groups is 2. The lowest BCUT2D eigenvalue weighted by Crippen LogP contribution is -2.44. The predicted octanol–water partition coefficient (Wildman–Crippen LogP) is 4.55. The highest BCUT2D eigenvalue weighted by Crippen LogP contribution is 2.39. The molecule has 6 nitrogen and oxygen atoms in total. The van der Waals surface area contributed by atoms with Crippen LogP contribution in [0.25, 0.3) is 0 Å². The number of nitrogens with zero attached hydrogens (tertiary/aromatic N) is 2. The zero-order chi connectivity index (χ0) is 23.7. The van der Waals surface area contributed by atoms with Crippen molar-refractivity contribution in [3.8, 4) is 11.5 Å². The molecule has 2 aliphatic rings. The van der Waals surface area contributed by atoms with Crippen LogP contribution in [0, 0.1) is 0 Å². The Labute approximate surface area is 203 Å². The first-order chi connectivity index (χ1) is 16.6. The first-order valence-corrected chi connectivity index (χ1v) is 12.1. The highest BCUT2D eigenvalue weighted by molar-refractivity contribution is 7.99. The summed E-state index contributed by atoms with van der Waals surface area (Å²) in [5.41, 5.74) is 2.94. The standard InChI is InChI=1S/C27H26N2O4S/c1-32-23-14-18-12-13-28(17-19(18)15-24(23)33-2)22-16-26(30)29(27(22)31)21-10-6-7-11-25(21)34-20-8-4-3-5-9-20/h3-11,14-15,22H,12-13,16-17H2,1-2H3/t22-/m0/s1. The maximum absolute atomic E-state index is 13.6. The molecule has 2 aliphatic heterocycles. The lowest BCUT2D eigenvalue weighted by Gasteiger charge is -2.32. The van der Waals surface area contributed by atoms with Gasteiger partial charge in [0.2, 0.25) is 5.91 Å². The average molecular weight is 475 g/mol. The fourth-order valence-corrected chi connectivity index (χ4v) is 5.63. The zero-order valence-corrected chi connectivity index (χ0v) is 20.0. The van der Waals surface area contributed by atoms with Crippen LogP contribution in [0.2, 0.25) is 0 Å². The van der Waals surface area contributed by atoms with Gasteiger partial charge in [-0.15, -0.1) is 0 Å². The van der Waals surface area contributed by atoms with Crippen LogP contribution in [0.1, 0.15) is 17.5 Å². The van der Waals surface area contributed by atoms with Gasteiger partial charge in [0, 0.05) is 22.9 Å². The molecule has 0 unspecified atom stereocenters. The molecule has 0 radical (unpaired) electrons. The van der Waals surface area contributed by atoms with E-state index in [1.807, 2.05) is 66.7 Å². The van der Waals surface area contributed by atoms with Gasteiger partial charge < -0.3 is 9.47 Å². The molecule has 5 rings (SSSR count). The number of fused-ring (bicyclic) bond motifs is 1. The number of carbonyl (C=O) groups excluding carboxylic acids is 2. The SMILES string of the molecule is COc1cc2c(cc1OC)CN([C@H]1CC(=O)N(c3ccccc3Sc3ccccc3)C1=O)CC2. The quantitative estimate of drug-likeness (QED) is 0.489. The maximum atomic E-state index is 13.6. The van der Waals surface area contributed by atoms with Gasteiger partial charge in [0.05, 0.1) is 32.4 Å². The Morgan fingerprint density at radius 2 is 1.56 bits per heavy atom. The van der Waals surface area contributed by atoms with E-state index in [-0.39, 0.29) is 18.2 Å². The summed E-state index contributed by atoms with van der Waals surface area (Å²) in [5.74, 6) is 1.06. The molecular weight excluding hydrogens is 448 g/mol. The molecule has 1 fully saturated rings. The summed E-state index contributed by atoms with van der Waals surface area (Å²) in [5, 5.41) is 0. The Hall–Kier alpha value is -3.29. The van der Waals surface area contributed by atoms with Crippen molar-refractivity contribution in [3.05, 3.63) is 77.9 Å². The van der Waals surface area contributed by atoms with Crippen molar-refractivity contribution in [1.29, 1.82) is 0 Å². The van der Waals surface area contributed by atoms with Crippen molar-refractivity contribution >= 4 is 29.3 Å². The van der Waals surface area contributed by atoms with Gasteiger partial charge in [0.25, 0.3) is 5.91 Å². The number of hydrogen-bond donors (Lipinski definition) is 0. The van der Waals surface area contributed by atoms with Crippen LogP contribution in [0.3, 0.4) is 0 Å². The minimum Gasteiger partial charge on any atom is -0.493 e. The minimum atomic E-state index is -0.469. The Balaban J connectivity index is 1.39. The van der Waals surface area contributed by atoms with Gasteiger partial charge in [-0.1, -0.05) is 42.1 Å². The second-order valence-corrected chi connectivity index (χ2v) is 9.48. The van der Waals surface area contributed by atoms with Crippen LogP contribution in [-0.4, -0.2) is 43.5 Å². The monoisotopic (exact) mass is 474 g/mol. The largest absolute Gasteiger partial charge is 0.493 e. The van der Waals surface area contributed by atoms with Crippen LogP contribution >= 0.6 is 11.8 Å². The molecule has 1 atom stereocenters. The number of para-hydroxylation sites is 1. The molecule has 1 saturated heterocycles. The van der Waals surface area contributed by atoms with Crippen molar-refractivity contribution in [1.82, 2.24) is 4.90 Å². The van der Waals surface area contributed by atoms with E-state index in [1.165, 1.54) is 10.5 Å². The molecule has 0 aliphatic carbocycles. The molecular formula is C27H26N2O4S. The van der Waals surface area contributed by atoms with Crippen LogP contribution in [-0.2, 0) is 22.6 Å². The number of anilines is 1. The van der Waals surface area contributed by atoms with Crippen molar-refractivity contribution in [3.63, 3.8) is 0 Å². The molecule has 3 aromatic rings. The zero-order valence-electron chi connectivity index (χ0n) is 19.2.